The minimum atomic E-state index is -0.304. The summed E-state index contributed by atoms with van der Waals surface area (Å²) in [5, 5.41) is 0. The lowest BCUT2D eigenvalue weighted by Gasteiger charge is -2.20. The number of rotatable bonds is 5. The summed E-state index contributed by atoms with van der Waals surface area (Å²) in [7, 11) is 0. The van der Waals surface area contributed by atoms with Crippen LogP contribution in [0.5, 0.6) is 0 Å². The molecule has 24 heavy (non-hydrogen) atoms. The molecule has 0 aliphatic carbocycles. The van der Waals surface area contributed by atoms with Crippen LogP contribution in [0.2, 0.25) is 0 Å². The molecule has 0 bridgehead atoms. The van der Waals surface area contributed by atoms with Crippen molar-refractivity contribution in [3.8, 4) is 0 Å². The van der Waals surface area contributed by atoms with Gasteiger partial charge in [0.1, 0.15) is 5.76 Å². The van der Waals surface area contributed by atoms with E-state index in [-0.39, 0.29) is 5.97 Å². The number of carbonyl (C=O) groups excluding carboxylic acids is 1. The van der Waals surface area contributed by atoms with Crippen LogP contribution in [0.1, 0.15) is 25.0 Å². The quantitative estimate of drug-likeness (QED) is 0.600. The Bertz CT molecular complexity index is 769. The van der Waals surface area contributed by atoms with Crippen LogP contribution in [-0.4, -0.2) is 19.1 Å². The lowest BCUT2D eigenvalue weighted by atomic mass is 10.1. The first kappa shape index (κ1) is 16.1. The van der Waals surface area contributed by atoms with Crippen LogP contribution in [0.3, 0.4) is 0 Å². The highest BCUT2D eigenvalue weighted by molar-refractivity contribution is 6.05. The van der Waals surface area contributed by atoms with Gasteiger partial charge < -0.3 is 9.64 Å². The highest BCUT2D eigenvalue weighted by atomic mass is 16.5. The summed E-state index contributed by atoms with van der Waals surface area (Å²) in [6.45, 7) is 6.24. The number of cyclic esters (lactones) is 1. The molecule has 2 aromatic carbocycles. The van der Waals surface area contributed by atoms with E-state index in [0.29, 0.717) is 11.3 Å². The molecule has 0 atom stereocenters. The molecule has 3 nitrogen and oxygen atoms in total. The predicted molar refractivity (Wildman–Crippen MR) is 98.5 cm³/mol. The lowest BCUT2D eigenvalue weighted by Crippen LogP contribution is -2.21. The van der Waals surface area contributed by atoms with Crippen LogP contribution in [-0.2, 0) is 9.53 Å². The zero-order valence-electron chi connectivity index (χ0n) is 14.0. The summed E-state index contributed by atoms with van der Waals surface area (Å²) in [6.07, 6.45) is 3.67. The van der Waals surface area contributed by atoms with Crippen LogP contribution in [0.25, 0.3) is 11.8 Å². The number of esters is 1. The fourth-order valence-corrected chi connectivity index (χ4v) is 2.78. The van der Waals surface area contributed by atoms with E-state index >= 15 is 0 Å². The average Bonchev–Trinajstić information content (AvgIpc) is 2.99. The van der Waals surface area contributed by atoms with Crippen molar-refractivity contribution in [1.29, 1.82) is 0 Å². The van der Waals surface area contributed by atoms with Gasteiger partial charge in [0.15, 0.2) is 0 Å². The molecule has 0 spiro atoms. The number of benzene rings is 2. The Morgan fingerprint density at radius 3 is 2.25 bits per heavy atom. The Hall–Kier alpha value is -2.81. The molecule has 0 saturated heterocycles. The Balaban J connectivity index is 1.83. The first-order valence-corrected chi connectivity index (χ1v) is 8.27. The van der Waals surface area contributed by atoms with Gasteiger partial charge in [-0.25, -0.2) is 4.79 Å². The van der Waals surface area contributed by atoms with Gasteiger partial charge in [0.05, 0.1) is 5.57 Å². The van der Waals surface area contributed by atoms with Crippen molar-refractivity contribution >= 4 is 23.5 Å². The molecule has 1 aliphatic rings. The van der Waals surface area contributed by atoms with Crippen LogP contribution < -0.4 is 4.90 Å². The molecule has 0 N–H and O–H groups in total. The lowest BCUT2D eigenvalue weighted by molar-refractivity contribution is -0.130. The zero-order valence-corrected chi connectivity index (χ0v) is 14.0. The largest absolute Gasteiger partial charge is 0.422 e. The summed E-state index contributed by atoms with van der Waals surface area (Å²) in [4.78, 5) is 14.4. The molecule has 0 unspecified atom stereocenters. The second kappa shape index (κ2) is 7.18. The smallest absolute Gasteiger partial charge is 0.343 e. The van der Waals surface area contributed by atoms with E-state index in [2.05, 4.69) is 30.9 Å². The van der Waals surface area contributed by atoms with Crippen molar-refractivity contribution in [3.63, 3.8) is 0 Å². The summed E-state index contributed by atoms with van der Waals surface area (Å²) >= 11 is 0. The Kier molecular flexibility index (Phi) is 4.80. The number of ether oxygens (including phenoxy) is 1. The second-order valence-corrected chi connectivity index (χ2v) is 5.63. The van der Waals surface area contributed by atoms with Gasteiger partial charge in [0.25, 0.3) is 0 Å². The molecule has 0 aromatic heterocycles. The van der Waals surface area contributed by atoms with Crippen LogP contribution >= 0.6 is 0 Å². The van der Waals surface area contributed by atoms with Crippen molar-refractivity contribution < 1.29 is 9.53 Å². The molecular formula is C21H21NO2. The second-order valence-electron chi connectivity index (χ2n) is 5.63. The monoisotopic (exact) mass is 319 g/mol. The summed E-state index contributed by atoms with van der Waals surface area (Å²) in [5.74, 6) is 0.299. The van der Waals surface area contributed by atoms with Gasteiger partial charge in [0, 0.05) is 24.3 Å². The molecule has 0 radical (unpaired) electrons. The van der Waals surface area contributed by atoms with Gasteiger partial charge in [-0.2, -0.15) is 0 Å². The third kappa shape index (κ3) is 3.40. The third-order valence-corrected chi connectivity index (χ3v) is 4.13. The number of nitrogens with zero attached hydrogens (tertiary/aromatic N) is 1. The molecule has 2 aromatic rings. The van der Waals surface area contributed by atoms with Crippen molar-refractivity contribution in [2.75, 3.05) is 18.0 Å². The van der Waals surface area contributed by atoms with Gasteiger partial charge in [-0.15, -0.1) is 0 Å². The fourth-order valence-electron chi connectivity index (χ4n) is 2.78. The van der Waals surface area contributed by atoms with E-state index in [4.69, 9.17) is 4.74 Å². The number of hydrogen-bond donors (Lipinski definition) is 0. The molecule has 0 fully saturated rings. The van der Waals surface area contributed by atoms with E-state index < -0.39 is 0 Å². The number of carbonyl (C=O) groups is 1. The molecule has 1 heterocycles. The fraction of sp³-hybridized carbons (Fsp3) is 0.190. The Morgan fingerprint density at radius 2 is 1.62 bits per heavy atom. The normalized spacial score (nSPS) is 15.3. The maximum atomic E-state index is 12.1. The molecule has 122 valence electrons. The van der Waals surface area contributed by atoms with Crippen LogP contribution in [0.4, 0.5) is 5.69 Å². The van der Waals surface area contributed by atoms with E-state index in [1.54, 1.807) is 6.08 Å². The molecule has 3 rings (SSSR count). The van der Waals surface area contributed by atoms with Crippen molar-refractivity contribution in [2.24, 2.45) is 0 Å². The molecule has 1 aliphatic heterocycles. The average molecular weight is 319 g/mol. The van der Waals surface area contributed by atoms with E-state index in [0.717, 1.165) is 24.2 Å². The first-order valence-electron chi connectivity index (χ1n) is 8.27. The highest BCUT2D eigenvalue weighted by Gasteiger charge is 2.21. The summed E-state index contributed by atoms with van der Waals surface area (Å²) in [6, 6.07) is 17.9. The first-order chi connectivity index (χ1) is 11.7. The van der Waals surface area contributed by atoms with E-state index in [1.165, 1.54) is 5.69 Å². The van der Waals surface area contributed by atoms with Gasteiger partial charge in [0.2, 0.25) is 0 Å². The molecule has 3 heteroatoms. The van der Waals surface area contributed by atoms with Gasteiger partial charge >= 0.3 is 5.97 Å². The minimum Gasteiger partial charge on any atom is -0.422 e. The topological polar surface area (TPSA) is 29.5 Å². The minimum absolute atomic E-state index is 0.304. The van der Waals surface area contributed by atoms with Crippen LogP contribution in [0, 0.1) is 0 Å². The van der Waals surface area contributed by atoms with Crippen molar-refractivity contribution in [2.45, 2.75) is 13.8 Å². The predicted octanol–water partition coefficient (Wildman–Crippen LogP) is 4.51. The number of anilines is 1. The summed E-state index contributed by atoms with van der Waals surface area (Å²) in [5.41, 5.74) is 3.66. The highest BCUT2D eigenvalue weighted by Crippen LogP contribution is 2.27. The number of hydrogen-bond acceptors (Lipinski definition) is 3. The van der Waals surface area contributed by atoms with E-state index in [9.17, 15) is 4.79 Å². The standard InChI is InChI=1S/C21H21NO2/c1-3-22(4-2)19-12-10-16(11-13-19)14-18-15-20(24-21(18)23)17-8-6-5-7-9-17/h5-15H,3-4H2,1-2H3/b18-14+. The SMILES string of the molecule is CCN(CC)c1ccc(/C=C2\C=C(c3ccccc3)OC2=O)cc1. The maximum absolute atomic E-state index is 12.1. The van der Waals surface area contributed by atoms with Gasteiger partial charge in [-0.1, -0.05) is 42.5 Å². The van der Waals surface area contributed by atoms with Crippen molar-refractivity contribution in [1.82, 2.24) is 0 Å². The summed E-state index contributed by atoms with van der Waals surface area (Å²) < 4.78 is 5.37. The molecule has 0 saturated carbocycles. The van der Waals surface area contributed by atoms with E-state index in [1.807, 2.05) is 48.5 Å². The Labute approximate surface area is 142 Å². The zero-order chi connectivity index (χ0) is 16.9. The molecule has 0 amide bonds. The van der Waals surface area contributed by atoms with Gasteiger partial charge in [-0.3, -0.25) is 0 Å². The molecular weight excluding hydrogens is 298 g/mol. The third-order valence-electron chi connectivity index (χ3n) is 4.13. The Morgan fingerprint density at radius 1 is 0.958 bits per heavy atom. The maximum Gasteiger partial charge on any atom is 0.343 e. The van der Waals surface area contributed by atoms with Crippen molar-refractivity contribution in [3.05, 3.63) is 77.4 Å². The van der Waals surface area contributed by atoms with Gasteiger partial charge in [-0.05, 0) is 43.7 Å². The van der Waals surface area contributed by atoms with Crippen LogP contribution in [0.15, 0.2) is 66.2 Å².